The second kappa shape index (κ2) is 7.51. The molecule has 0 unspecified atom stereocenters. The van der Waals surface area contributed by atoms with Gasteiger partial charge < -0.3 is 23.8 Å². The molecule has 0 bridgehead atoms. The predicted octanol–water partition coefficient (Wildman–Crippen LogP) is 2.04. The minimum absolute atomic E-state index is 0.0761. The molecule has 23 heavy (non-hydrogen) atoms. The molecule has 7 nitrogen and oxygen atoms in total. The number of hydrogen-bond donors (Lipinski definition) is 0. The number of aliphatic carboxylic acids is 1. The minimum Gasteiger partial charge on any atom is -0.544 e. The van der Waals surface area contributed by atoms with E-state index in [0.717, 1.165) is 11.8 Å². The number of methoxy groups -OCH3 is 2. The summed E-state index contributed by atoms with van der Waals surface area (Å²) in [6.45, 7) is 1.62. The van der Waals surface area contributed by atoms with Crippen molar-refractivity contribution in [1.29, 1.82) is 0 Å². The lowest BCUT2D eigenvalue weighted by Gasteiger charge is -2.11. The van der Waals surface area contributed by atoms with Crippen molar-refractivity contribution in [2.24, 2.45) is 0 Å². The van der Waals surface area contributed by atoms with Crippen molar-refractivity contribution in [1.82, 2.24) is 10.2 Å². The van der Waals surface area contributed by atoms with Crippen LogP contribution in [0.2, 0.25) is 0 Å². The van der Waals surface area contributed by atoms with E-state index in [1.807, 2.05) is 0 Å². The van der Waals surface area contributed by atoms with Crippen LogP contribution in [0.3, 0.4) is 0 Å². The molecule has 9 heteroatoms. The van der Waals surface area contributed by atoms with Gasteiger partial charge in [0.2, 0.25) is 5.89 Å². The van der Waals surface area contributed by atoms with Crippen LogP contribution >= 0.6 is 27.7 Å². The summed E-state index contributed by atoms with van der Waals surface area (Å²) in [5, 5.41) is 18.8. The van der Waals surface area contributed by atoms with Gasteiger partial charge in [0.1, 0.15) is 0 Å². The maximum absolute atomic E-state index is 11.3. The topological polar surface area (TPSA) is 97.5 Å². The summed E-state index contributed by atoms with van der Waals surface area (Å²) < 4.78 is 16.2. The lowest BCUT2D eigenvalue weighted by atomic mass is 10.2. The Labute approximate surface area is 144 Å². The van der Waals surface area contributed by atoms with Crippen molar-refractivity contribution in [2.75, 3.05) is 14.2 Å². The van der Waals surface area contributed by atoms with Crippen molar-refractivity contribution >= 4 is 39.7 Å². The van der Waals surface area contributed by atoms with E-state index < -0.39 is 5.97 Å². The number of benzene rings is 1. The summed E-state index contributed by atoms with van der Waals surface area (Å²) in [5.74, 6) is -0.0277. The van der Waals surface area contributed by atoms with Crippen LogP contribution in [0.15, 0.2) is 31.2 Å². The van der Waals surface area contributed by atoms with Crippen molar-refractivity contribution in [3.05, 3.63) is 33.0 Å². The molecule has 0 fully saturated rings. The monoisotopic (exact) mass is 399 g/mol. The number of aromatic nitrogens is 2. The molecule has 2 aromatic rings. The SMILES string of the molecule is COc1cc(/C=C(/Sc2nnc(C)o2)C(=O)[O-])cc(Br)c1OC. The Hall–Kier alpha value is -2.00. The van der Waals surface area contributed by atoms with Gasteiger partial charge in [-0.15, -0.1) is 10.2 Å². The van der Waals surface area contributed by atoms with Gasteiger partial charge in [0, 0.05) is 11.8 Å². The standard InChI is InChI=1S/C14H13BrN2O5S/c1-7-16-17-14(22-7)23-11(13(18)19)6-8-4-9(15)12(21-3)10(5-8)20-2/h4-6H,1-3H3,(H,18,19)/p-1/b11-6+. The molecule has 0 aliphatic carbocycles. The molecule has 1 aromatic heterocycles. The Bertz CT molecular complexity index is 760. The van der Waals surface area contributed by atoms with Crippen molar-refractivity contribution in [3.8, 4) is 11.5 Å². The fraction of sp³-hybridized carbons (Fsp3) is 0.214. The molecule has 0 saturated carbocycles. The minimum atomic E-state index is -1.35. The zero-order valence-electron chi connectivity index (χ0n) is 12.5. The Morgan fingerprint density at radius 1 is 1.35 bits per heavy atom. The number of carbonyl (C=O) groups is 1. The lowest BCUT2D eigenvalue weighted by molar-refractivity contribution is -0.298. The van der Waals surface area contributed by atoms with E-state index in [1.165, 1.54) is 20.3 Å². The Balaban J connectivity index is 2.39. The molecule has 0 amide bonds. The molecule has 0 N–H and O–H groups in total. The van der Waals surface area contributed by atoms with E-state index in [0.29, 0.717) is 27.4 Å². The second-order valence-electron chi connectivity index (χ2n) is 4.22. The average molecular weight is 400 g/mol. The van der Waals surface area contributed by atoms with Gasteiger partial charge in [0.15, 0.2) is 11.5 Å². The molecule has 122 valence electrons. The summed E-state index contributed by atoms with van der Waals surface area (Å²) in [7, 11) is 3.01. The molecule has 2 rings (SSSR count). The van der Waals surface area contributed by atoms with Gasteiger partial charge in [-0.3, -0.25) is 0 Å². The highest BCUT2D eigenvalue weighted by atomic mass is 79.9. The first kappa shape index (κ1) is 17.4. The number of halogens is 1. The maximum atomic E-state index is 11.3. The van der Waals surface area contributed by atoms with Crippen LogP contribution in [0.5, 0.6) is 11.5 Å². The number of carbonyl (C=O) groups excluding carboxylic acids is 1. The second-order valence-corrected chi connectivity index (χ2v) is 6.07. The van der Waals surface area contributed by atoms with E-state index >= 15 is 0 Å². The highest BCUT2D eigenvalue weighted by Crippen LogP contribution is 2.37. The zero-order chi connectivity index (χ0) is 17.0. The number of rotatable bonds is 6. The molecular formula is C14H12BrN2O5S-. The summed E-state index contributed by atoms with van der Waals surface area (Å²) >= 11 is 4.16. The third-order valence-electron chi connectivity index (χ3n) is 2.66. The molecule has 1 heterocycles. The Morgan fingerprint density at radius 2 is 2.09 bits per heavy atom. The van der Waals surface area contributed by atoms with Crippen LogP contribution < -0.4 is 14.6 Å². The van der Waals surface area contributed by atoms with Gasteiger partial charge in [0.25, 0.3) is 5.22 Å². The highest BCUT2D eigenvalue weighted by molar-refractivity contribution is 9.10. The first-order chi connectivity index (χ1) is 10.9. The molecular weight excluding hydrogens is 388 g/mol. The zero-order valence-corrected chi connectivity index (χ0v) is 14.9. The van der Waals surface area contributed by atoms with Gasteiger partial charge in [-0.25, -0.2) is 0 Å². The summed E-state index contributed by atoms with van der Waals surface area (Å²) in [6.07, 6.45) is 1.42. The number of aryl methyl sites for hydroxylation is 1. The third kappa shape index (κ3) is 4.26. The summed E-state index contributed by atoms with van der Waals surface area (Å²) in [6, 6.07) is 3.34. The number of ether oxygens (including phenoxy) is 2. The van der Waals surface area contributed by atoms with E-state index in [-0.39, 0.29) is 10.1 Å². The van der Waals surface area contributed by atoms with Crippen LogP contribution in [0.25, 0.3) is 6.08 Å². The average Bonchev–Trinajstić information content (AvgIpc) is 2.91. The quantitative estimate of drug-likeness (QED) is 0.537. The summed E-state index contributed by atoms with van der Waals surface area (Å²) in [5.41, 5.74) is 0.581. The molecule has 0 aliphatic heterocycles. The van der Waals surface area contributed by atoms with Crippen LogP contribution in [-0.4, -0.2) is 30.4 Å². The molecule has 0 atom stereocenters. The van der Waals surface area contributed by atoms with Crippen LogP contribution in [0, 0.1) is 6.92 Å². The number of nitrogens with zero attached hydrogens (tertiary/aromatic N) is 2. The van der Waals surface area contributed by atoms with Crippen molar-refractivity contribution < 1.29 is 23.8 Å². The third-order valence-corrected chi connectivity index (χ3v) is 4.09. The fourth-order valence-electron chi connectivity index (χ4n) is 1.72. The van der Waals surface area contributed by atoms with Gasteiger partial charge in [-0.1, -0.05) is 0 Å². The first-order valence-corrected chi connectivity index (χ1v) is 7.88. The first-order valence-electron chi connectivity index (χ1n) is 6.27. The van der Waals surface area contributed by atoms with Gasteiger partial charge >= 0.3 is 0 Å². The predicted molar refractivity (Wildman–Crippen MR) is 85.1 cm³/mol. The van der Waals surface area contributed by atoms with Crippen molar-refractivity contribution in [3.63, 3.8) is 0 Å². The van der Waals surface area contributed by atoms with E-state index in [9.17, 15) is 9.90 Å². The Morgan fingerprint density at radius 3 is 2.61 bits per heavy atom. The lowest BCUT2D eigenvalue weighted by Crippen LogP contribution is -2.23. The van der Waals surface area contributed by atoms with Crippen molar-refractivity contribution in [2.45, 2.75) is 12.1 Å². The van der Waals surface area contributed by atoms with Gasteiger partial charge in [-0.05, 0) is 51.5 Å². The molecule has 0 saturated heterocycles. The Kier molecular flexibility index (Phi) is 5.67. The van der Waals surface area contributed by atoms with E-state index in [2.05, 4.69) is 26.1 Å². The van der Waals surface area contributed by atoms with Gasteiger partial charge in [-0.2, -0.15) is 0 Å². The van der Waals surface area contributed by atoms with E-state index in [1.54, 1.807) is 19.1 Å². The number of thioether (sulfide) groups is 1. The highest BCUT2D eigenvalue weighted by Gasteiger charge is 2.12. The number of carboxylic acids is 1. The molecule has 0 aliphatic rings. The smallest absolute Gasteiger partial charge is 0.281 e. The largest absolute Gasteiger partial charge is 0.544 e. The molecule has 0 radical (unpaired) electrons. The summed E-state index contributed by atoms with van der Waals surface area (Å²) in [4.78, 5) is 11.2. The molecule has 1 aromatic carbocycles. The maximum Gasteiger partial charge on any atom is 0.281 e. The number of carboxylic acid groups (broad SMARTS) is 1. The van der Waals surface area contributed by atoms with Crippen LogP contribution in [-0.2, 0) is 4.79 Å². The van der Waals surface area contributed by atoms with Crippen LogP contribution in [0.1, 0.15) is 11.5 Å². The van der Waals surface area contributed by atoms with Gasteiger partial charge in [0.05, 0.1) is 24.7 Å². The molecule has 0 spiro atoms. The van der Waals surface area contributed by atoms with E-state index in [4.69, 9.17) is 13.9 Å². The fourth-order valence-corrected chi connectivity index (χ4v) is 3.05. The number of hydrogen-bond acceptors (Lipinski definition) is 8. The van der Waals surface area contributed by atoms with Crippen LogP contribution in [0.4, 0.5) is 0 Å². The normalized spacial score (nSPS) is 11.4.